The number of phenolic OH excluding ortho intramolecular Hbond substituents is 5. The van der Waals surface area contributed by atoms with Crippen molar-refractivity contribution in [3.05, 3.63) is 6.07 Å². The minimum absolute atomic E-state index is 0.696. The average molecular weight is 225 g/mol. The Kier molecular flexibility index (Phi) is 4.09. The first kappa shape index (κ1) is 11.6. The van der Waals surface area contributed by atoms with Crippen LogP contribution >= 0.6 is 0 Å². The molecule has 0 saturated heterocycles. The van der Waals surface area contributed by atoms with Gasteiger partial charge in [0.1, 0.15) is 0 Å². The van der Waals surface area contributed by atoms with Crippen LogP contribution in [0.15, 0.2) is 6.07 Å². The second kappa shape index (κ2) is 4.59. The normalized spacial score (nSPS) is 8.54. The SMILES string of the molecule is Oc1cc(O)c(O)c(O)c1O.[O]=[V]. The van der Waals surface area contributed by atoms with Gasteiger partial charge in [0.25, 0.3) is 0 Å². The maximum absolute atomic E-state index is 8.75. The van der Waals surface area contributed by atoms with Crippen molar-refractivity contribution < 1.29 is 46.6 Å². The van der Waals surface area contributed by atoms with Gasteiger partial charge in [0, 0.05) is 6.07 Å². The second-order valence-electron chi connectivity index (χ2n) is 1.96. The first-order chi connectivity index (χ1) is 6.04. The van der Waals surface area contributed by atoms with Gasteiger partial charge in [-0.05, 0) is 0 Å². The third-order valence-corrected chi connectivity index (χ3v) is 1.21. The molecule has 0 aromatic heterocycles. The van der Waals surface area contributed by atoms with E-state index in [1.807, 2.05) is 0 Å². The van der Waals surface area contributed by atoms with E-state index in [9.17, 15) is 0 Å². The molecule has 0 aliphatic rings. The Morgan fingerprint density at radius 1 is 0.769 bits per heavy atom. The summed E-state index contributed by atoms with van der Waals surface area (Å²) in [7, 11) is 0. The molecule has 71 valence electrons. The molecule has 0 fully saturated rings. The van der Waals surface area contributed by atoms with Crippen LogP contribution in [-0.2, 0) is 21.0 Å². The zero-order valence-corrected chi connectivity index (χ0v) is 7.57. The molecule has 0 aliphatic heterocycles. The molecule has 0 amide bonds. The molecule has 1 aromatic carbocycles. The Bertz CT molecular complexity index is 286. The van der Waals surface area contributed by atoms with E-state index >= 15 is 0 Å². The van der Waals surface area contributed by atoms with Gasteiger partial charge in [0.2, 0.25) is 17.2 Å². The first-order valence-electron chi connectivity index (χ1n) is 2.88. The third-order valence-electron chi connectivity index (χ3n) is 1.21. The standard InChI is InChI=1S/C6H6O5.O.V/c7-2-1-3(8)5(10)6(11)4(2)9;;/h1,7-11H;;. The maximum atomic E-state index is 8.75. The van der Waals surface area contributed by atoms with Crippen LogP contribution in [0.5, 0.6) is 28.7 Å². The van der Waals surface area contributed by atoms with Crippen molar-refractivity contribution in [2.75, 3.05) is 0 Å². The molecule has 5 N–H and O–H groups in total. The number of aromatic hydroxyl groups is 5. The molecule has 0 heterocycles. The van der Waals surface area contributed by atoms with Crippen LogP contribution in [0.2, 0.25) is 0 Å². The molecule has 13 heavy (non-hydrogen) atoms. The molecule has 0 aliphatic carbocycles. The molecular formula is C6H6O6V. The third kappa shape index (κ3) is 2.27. The van der Waals surface area contributed by atoms with Crippen molar-refractivity contribution in [1.82, 2.24) is 0 Å². The Morgan fingerprint density at radius 2 is 1.08 bits per heavy atom. The van der Waals surface area contributed by atoms with Gasteiger partial charge in [-0.3, -0.25) is 0 Å². The topological polar surface area (TPSA) is 118 Å². The van der Waals surface area contributed by atoms with Gasteiger partial charge >= 0.3 is 21.0 Å². The molecule has 6 nitrogen and oxygen atoms in total. The Labute approximate surface area is 81.9 Å². The fraction of sp³-hybridized carbons (Fsp3) is 0. The van der Waals surface area contributed by atoms with E-state index in [0.29, 0.717) is 6.07 Å². The molecule has 0 saturated carbocycles. The summed E-state index contributed by atoms with van der Waals surface area (Å²) in [6.07, 6.45) is 0. The summed E-state index contributed by atoms with van der Waals surface area (Å²) in [5.41, 5.74) is 0. The molecule has 0 unspecified atom stereocenters. The average Bonchev–Trinajstić information content (AvgIpc) is 2.15. The quantitative estimate of drug-likeness (QED) is 0.315. The van der Waals surface area contributed by atoms with Crippen LogP contribution in [0.25, 0.3) is 0 Å². The van der Waals surface area contributed by atoms with E-state index in [2.05, 4.69) is 0 Å². The van der Waals surface area contributed by atoms with Crippen LogP contribution in [0.1, 0.15) is 0 Å². The van der Waals surface area contributed by atoms with Crippen molar-refractivity contribution in [3.8, 4) is 28.7 Å². The Morgan fingerprint density at radius 3 is 1.38 bits per heavy atom. The summed E-state index contributed by atoms with van der Waals surface area (Å²) >= 11 is 1.06. The van der Waals surface area contributed by atoms with Gasteiger partial charge in [-0.2, -0.15) is 0 Å². The van der Waals surface area contributed by atoms with Crippen LogP contribution in [0.4, 0.5) is 0 Å². The fourth-order valence-electron chi connectivity index (χ4n) is 0.621. The number of phenols is 5. The van der Waals surface area contributed by atoms with E-state index in [0.717, 1.165) is 17.4 Å². The minimum atomic E-state index is -0.942. The zero-order valence-electron chi connectivity index (χ0n) is 6.17. The van der Waals surface area contributed by atoms with Crippen molar-refractivity contribution in [2.45, 2.75) is 0 Å². The summed E-state index contributed by atoms with van der Waals surface area (Å²) in [5, 5.41) is 43.7. The van der Waals surface area contributed by atoms with E-state index < -0.39 is 28.7 Å². The van der Waals surface area contributed by atoms with Crippen molar-refractivity contribution in [2.24, 2.45) is 0 Å². The summed E-state index contributed by atoms with van der Waals surface area (Å²) in [6.45, 7) is 0. The van der Waals surface area contributed by atoms with Gasteiger partial charge in [-0.25, -0.2) is 0 Å². The summed E-state index contributed by atoms with van der Waals surface area (Å²) < 4.78 is 8.19. The monoisotopic (exact) mass is 225 g/mol. The molecule has 0 bridgehead atoms. The van der Waals surface area contributed by atoms with Gasteiger partial charge in [-0.15, -0.1) is 0 Å². The van der Waals surface area contributed by atoms with Gasteiger partial charge in [0.05, 0.1) is 0 Å². The molecule has 1 aromatic rings. The van der Waals surface area contributed by atoms with E-state index in [-0.39, 0.29) is 0 Å². The van der Waals surface area contributed by atoms with E-state index in [4.69, 9.17) is 29.2 Å². The van der Waals surface area contributed by atoms with Crippen LogP contribution in [0.3, 0.4) is 0 Å². The Balaban J connectivity index is 0.000000671. The van der Waals surface area contributed by atoms with Crippen molar-refractivity contribution in [1.29, 1.82) is 0 Å². The Hall–Kier alpha value is -1.40. The summed E-state index contributed by atoms with van der Waals surface area (Å²) in [4.78, 5) is 0. The molecule has 1 rings (SSSR count). The zero-order chi connectivity index (χ0) is 10.6. The molecule has 0 atom stereocenters. The van der Waals surface area contributed by atoms with Crippen LogP contribution in [0, 0.1) is 0 Å². The van der Waals surface area contributed by atoms with Crippen molar-refractivity contribution >= 4 is 0 Å². The summed E-state index contributed by atoms with van der Waals surface area (Å²) in [5.74, 6) is -4.06. The molecule has 0 radical (unpaired) electrons. The van der Waals surface area contributed by atoms with Gasteiger partial charge in [0.15, 0.2) is 11.5 Å². The van der Waals surface area contributed by atoms with Crippen LogP contribution in [-0.4, -0.2) is 25.5 Å². The number of rotatable bonds is 0. The van der Waals surface area contributed by atoms with Gasteiger partial charge in [-0.1, -0.05) is 0 Å². The number of hydrogen-bond acceptors (Lipinski definition) is 6. The van der Waals surface area contributed by atoms with Gasteiger partial charge < -0.3 is 25.5 Å². The van der Waals surface area contributed by atoms with Crippen LogP contribution < -0.4 is 0 Å². The van der Waals surface area contributed by atoms with E-state index in [1.165, 1.54) is 0 Å². The molecular weight excluding hydrogens is 219 g/mol. The molecule has 7 heteroatoms. The fourth-order valence-corrected chi connectivity index (χ4v) is 0.621. The first-order valence-corrected chi connectivity index (χ1v) is 3.45. The van der Waals surface area contributed by atoms with E-state index in [1.54, 1.807) is 0 Å². The second-order valence-corrected chi connectivity index (χ2v) is 1.96. The summed E-state index contributed by atoms with van der Waals surface area (Å²) in [6, 6.07) is 0.713. The van der Waals surface area contributed by atoms with Crippen molar-refractivity contribution in [3.63, 3.8) is 0 Å². The predicted molar refractivity (Wildman–Crippen MR) is 35.5 cm³/mol. The molecule has 0 spiro atoms. The number of hydrogen-bond donors (Lipinski definition) is 5. The number of benzene rings is 1. The predicted octanol–water partition coefficient (Wildman–Crippen LogP) is 0.0933.